The maximum Gasteiger partial charge on any atom is 0.198 e. The molecule has 2 aromatic rings. The van der Waals surface area contributed by atoms with E-state index in [1.54, 1.807) is 0 Å². The molecular weight excluding hydrogens is 270 g/mol. The molecule has 1 aromatic heterocycles. The van der Waals surface area contributed by atoms with Gasteiger partial charge >= 0.3 is 0 Å². The van der Waals surface area contributed by atoms with Crippen molar-refractivity contribution >= 4 is 17.1 Å². The highest BCUT2D eigenvalue weighted by Crippen LogP contribution is 2.32. The predicted octanol–water partition coefficient (Wildman–Crippen LogP) is 2.75. The quantitative estimate of drug-likeness (QED) is 0.879. The van der Waals surface area contributed by atoms with Gasteiger partial charge in [-0.1, -0.05) is 29.8 Å². The van der Waals surface area contributed by atoms with Crippen LogP contribution in [0.4, 0.5) is 0 Å². The van der Waals surface area contributed by atoms with E-state index in [4.69, 9.17) is 5.11 Å². The van der Waals surface area contributed by atoms with E-state index in [1.165, 1.54) is 32.9 Å². The molecule has 3 nitrogen and oxygen atoms in total. The number of carbonyl (C=O) groups is 1. The normalized spacial score (nSPS) is 14.5. The Labute approximate surface area is 122 Å². The molecule has 1 N–H and O–H groups in total. The smallest absolute Gasteiger partial charge is 0.198 e. The molecular formula is C16H17NO2S. The fourth-order valence-electron chi connectivity index (χ4n) is 2.51. The molecule has 104 valence electrons. The van der Waals surface area contributed by atoms with E-state index in [0.29, 0.717) is 4.88 Å². The molecule has 1 aliphatic rings. The Morgan fingerprint density at radius 3 is 2.70 bits per heavy atom. The van der Waals surface area contributed by atoms with Crippen LogP contribution in [-0.4, -0.2) is 22.4 Å². The van der Waals surface area contributed by atoms with Gasteiger partial charge in [0.15, 0.2) is 5.78 Å². The molecule has 0 fully saturated rings. The molecule has 0 saturated carbocycles. The van der Waals surface area contributed by atoms with Crippen LogP contribution >= 0.6 is 11.3 Å². The van der Waals surface area contributed by atoms with Gasteiger partial charge in [-0.15, -0.1) is 11.3 Å². The van der Waals surface area contributed by atoms with Gasteiger partial charge < -0.3 is 5.11 Å². The van der Waals surface area contributed by atoms with Gasteiger partial charge in [-0.05, 0) is 24.1 Å². The predicted molar refractivity (Wildman–Crippen MR) is 79.9 cm³/mol. The zero-order chi connectivity index (χ0) is 14.1. The highest BCUT2D eigenvalue weighted by molar-refractivity contribution is 7.14. The van der Waals surface area contributed by atoms with E-state index < -0.39 is 6.61 Å². The number of ketones is 1. The molecule has 4 heteroatoms. The molecule has 0 spiro atoms. The zero-order valence-electron chi connectivity index (χ0n) is 11.4. The third-order valence-electron chi connectivity index (χ3n) is 3.60. The number of rotatable bonds is 4. The third-order valence-corrected chi connectivity index (χ3v) is 4.81. The van der Waals surface area contributed by atoms with Gasteiger partial charge in [-0.25, -0.2) is 0 Å². The third kappa shape index (κ3) is 2.68. The Hall–Kier alpha value is -1.49. The van der Waals surface area contributed by atoms with Gasteiger partial charge in [0.1, 0.15) is 6.61 Å². The van der Waals surface area contributed by atoms with Crippen molar-refractivity contribution in [2.75, 3.05) is 6.61 Å². The van der Waals surface area contributed by atoms with Crippen molar-refractivity contribution in [3.8, 4) is 0 Å². The Kier molecular flexibility index (Phi) is 3.70. The summed E-state index contributed by atoms with van der Waals surface area (Å²) in [6.45, 7) is 4.42. The maximum atomic E-state index is 11.5. The lowest BCUT2D eigenvalue weighted by Gasteiger charge is -2.15. The summed E-state index contributed by atoms with van der Waals surface area (Å²) in [5.74, 6) is -0.172. The van der Waals surface area contributed by atoms with Crippen LogP contribution in [0.1, 0.15) is 31.2 Å². The van der Waals surface area contributed by atoms with Gasteiger partial charge in [0.2, 0.25) is 0 Å². The van der Waals surface area contributed by atoms with Crippen LogP contribution in [-0.2, 0) is 19.6 Å². The maximum absolute atomic E-state index is 11.5. The average molecular weight is 287 g/mol. The van der Waals surface area contributed by atoms with Gasteiger partial charge in [0.05, 0.1) is 4.88 Å². The van der Waals surface area contributed by atoms with E-state index in [9.17, 15) is 4.79 Å². The molecule has 1 aromatic carbocycles. The minimum absolute atomic E-state index is 0.172. The molecule has 0 amide bonds. The van der Waals surface area contributed by atoms with Crippen LogP contribution in [0.25, 0.3) is 0 Å². The molecule has 20 heavy (non-hydrogen) atoms. The van der Waals surface area contributed by atoms with Crippen molar-refractivity contribution < 1.29 is 9.90 Å². The first kappa shape index (κ1) is 13.5. The molecule has 0 atom stereocenters. The first-order valence-corrected chi connectivity index (χ1v) is 7.51. The molecule has 3 rings (SSSR count). The SMILES string of the molecule is Cc1ccc(CN2Cc3cc(C(=O)CO)sc3C2)cc1. The number of fused-ring (bicyclic) bond motifs is 1. The number of aliphatic hydroxyl groups is 1. The van der Waals surface area contributed by atoms with E-state index in [1.807, 2.05) is 6.07 Å². The first-order chi connectivity index (χ1) is 9.65. The van der Waals surface area contributed by atoms with Crippen molar-refractivity contribution in [3.05, 3.63) is 56.8 Å². The van der Waals surface area contributed by atoms with Crippen LogP contribution in [0.5, 0.6) is 0 Å². The van der Waals surface area contributed by atoms with Crippen molar-refractivity contribution in [2.45, 2.75) is 26.6 Å². The lowest BCUT2D eigenvalue weighted by molar-refractivity contribution is 0.0907. The fourth-order valence-corrected chi connectivity index (χ4v) is 3.66. The summed E-state index contributed by atoms with van der Waals surface area (Å²) in [5, 5.41) is 8.90. The summed E-state index contributed by atoms with van der Waals surface area (Å²) in [7, 11) is 0. The van der Waals surface area contributed by atoms with Gasteiger partial charge in [0.25, 0.3) is 0 Å². The number of nitrogens with zero attached hydrogens (tertiary/aromatic N) is 1. The Morgan fingerprint density at radius 1 is 1.30 bits per heavy atom. The number of aliphatic hydroxyl groups excluding tert-OH is 1. The van der Waals surface area contributed by atoms with E-state index in [-0.39, 0.29) is 5.78 Å². The number of aryl methyl sites for hydroxylation is 1. The van der Waals surface area contributed by atoms with Crippen LogP contribution < -0.4 is 0 Å². The summed E-state index contributed by atoms with van der Waals surface area (Å²) >= 11 is 1.52. The molecule has 1 aliphatic heterocycles. The van der Waals surface area contributed by atoms with Crippen LogP contribution in [0.3, 0.4) is 0 Å². The second-order valence-electron chi connectivity index (χ2n) is 5.27. The van der Waals surface area contributed by atoms with Crippen molar-refractivity contribution in [1.29, 1.82) is 0 Å². The molecule has 0 unspecified atom stereocenters. The number of benzene rings is 1. The topological polar surface area (TPSA) is 40.5 Å². The van der Waals surface area contributed by atoms with Crippen molar-refractivity contribution in [2.24, 2.45) is 0 Å². The van der Waals surface area contributed by atoms with E-state index >= 15 is 0 Å². The molecule has 0 radical (unpaired) electrons. The second-order valence-corrected chi connectivity index (χ2v) is 6.41. The van der Waals surface area contributed by atoms with Crippen LogP contribution in [0, 0.1) is 6.92 Å². The van der Waals surface area contributed by atoms with E-state index in [2.05, 4.69) is 36.1 Å². The van der Waals surface area contributed by atoms with Gasteiger partial charge in [-0.3, -0.25) is 9.69 Å². The van der Waals surface area contributed by atoms with Crippen LogP contribution in [0.2, 0.25) is 0 Å². The number of carbonyl (C=O) groups excluding carboxylic acids is 1. The zero-order valence-corrected chi connectivity index (χ0v) is 12.2. The molecule has 2 heterocycles. The van der Waals surface area contributed by atoms with Gasteiger partial charge in [0, 0.05) is 24.5 Å². The minimum Gasteiger partial charge on any atom is -0.388 e. The highest BCUT2D eigenvalue weighted by atomic mass is 32.1. The number of Topliss-reactive ketones (excluding diaryl/α,β-unsaturated/α-hetero) is 1. The largest absolute Gasteiger partial charge is 0.388 e. The molecule has 0 saturated heterocycles. The van der Waals surface area contributed by atoms with Gasteiger partial charge in [-0.2, -0.15) is 0 Å². The van der Waals surface area contributed by atoms with E-state index in [0.717, 1.165) is 19.6 Å². The summed E-state index contributed by atoms with van der Waals surface area (Å²) in [4.78, 5) is 15.8. The monoisotopic (exact) mass is 287 g/mol. The lowest BCUT2D eigenvalue weighted by atomic mass is 10.1. The highest BCUT2D eigenvalue weighted by Gasteiger charge is 2.23. The summed E-state index contributed by atoms with van der Waals surface area (Å²) in [5.41, 5.74) is 3.83. The van der Waals surface area contributed by atoms with Crippen molar-refractivity contribution in [1.82, 2.24) is 4.90 Å². The number of hydrogen-bond acceptors (Lipinski definition) is 4. The first-order valence-electron chi connectivity index (χ1n) is 6.69. The summed E-state index contributed by atoms with van der Waals surface area (Å²) < 4.78 is 0. The Morgan fingerprint density at radius 2 is 2.05 bits per heavy atom. The average Bonchev–Trinajstić information content (AvgIpc) is 2.98. The summed E-state index contributed by atoms with van der Waals surface area (Å²) in [6.07, 6.45) is 0. The van der Waals surface area contributed by atoms with Crippen LogP contribution in [0.15, 0.2) is 30.3 Å². The fraction of sp³-hybridized carbons (Fsp3) is 0.312. The minimum atomic E-state index is -0.396. The molecule has 0 bridgehead atoms. The summed E-state index contributed by atoms with van der Waals surface area (Å²) in [6, 6.07) is 10.6. The Balaban J connectivity index is 1.67. The van der Waals surface area contributed by atoms with Crippen molar-refractivity contribution in [3.63, 3.8) is 0 Å². The lowest BCUT2D eigenvalue weighted by Crippen LogP contribution is -2.15. The molecule has 0 aliphatic carbocycles. The number of thiophene rings is 1. The standard InChI is InChI=1S/C16H17NO2S/c1-11-2-4-12(5-3-11)7-17-8-13-6-15(14(19)10-18)20-16(13)9-17/h2-6,18H,7-10H2,1H3. The second kappa shape index (κ2) is 5.48. The number of hydrogen-bond donors (Lipinski definition) is 1. The Bertz CT molecular complexity index is 607.